The van der Waals surface area contributed by atoms with Crippen LogP contribution in [0.1, 0.15) is 67.7 Å². The number of nitrogens with zero attached hydrogens (tertiary/aromatic N) is 8. The SMILES string of the molecule is COC(=O)C1=Nc2cc3c(-c4ccncc4)nn(C(c4ccccc4)(c4ccccc4)c4ccccc4)c3cc2C1.N[C@H](CO)c1ccccc1.O=C(N[C@H](CO)c1ccccc1)C1=Nc2cc3c(-c4ccncc4)nn(C(c4ccccc4)(c4ccccc4)c4ccccc4)c3cc2C1. The number of pyridine rings is 2. The molecule has 14 aromatic rings. The van der Waals surface area contributed by atoms with Crippen molar-refractivity contribution in [1.29, 1.82) is 0 Å². The van der Waals surface area contributed by atoms with Crippen LogP contribution in [-0.4, -0.2) is 83.4 Å². The number of esters is 1. The number of carbonyl (C=O) groups excluding carboxylic acids is 2. The van der Waals surface area contributed by atoms with Crippen LogP contribution in [0.2, 0.25) is 0 Å². The number of aliphatic hydroxyl groups is 2. The number of fused-ring (bicyclic) bond motifs is 4. The zero-order valence-electron chi connectivity index (χ0n) is 54.8. The number of aliphatic hydroxyl groups excluding tert-OH is 2. The molecule has 2 aliphatic heterocycles. The predicted octanol–water partition coefficient (Wildman–Crippen LogP) is 14.8. The van der Waals surface area contributed by atoms with E-state index < -0.39 is 23.1 Å². The molecule has 4 aromatic heterocycles. The summed E-state index contributed by atoms with van der Waals surface area (Å²) < 4.78 is 9.29. The van der Waals surface area contributed by atoms with Crippen LogP contribution in [0.15, 0.2) is 326 Å². The summed E-state index contributed by atoms with van der Waals surface area (Å²) in [4.78, 5) is 44.0. The van der Waals surface area contributed by atoms with Gasteiger partial charge < -0.3 is 26.0 Å². The van der Waals surface area contributed by atoms with E-state index >= 15 is 0 Å². The Balaban J connectivity index is 0.000000151. The summed E-state index contributed by atoms with van der Waals surface area (Å²) in [5.74, 6) is -0.709. The van der Waals surface area contributed by atoms with E-state index in [0.29, 0.717) is 24.3 Å². The lowest BCUT2D eigenvalue weighted by molar-refractivity contribution is -0.132. The van der Waals surface area contributed by atoms with E-state index in [1.807, 2.05) is 127 Å². The Morgan fingerprint density at radius 1 is 0.450 bits per heavy atom. The van der Waals surface area contributed by atoms with Crippen LogP contribution in [0.25, 0.3) is 44.3 Å². The second-order valence-corrected chi connectivity index (χ2v) is 24.4. The Morgan fingerprint density at radius 2 is 0.780 bits per heavy atom. The van der Waals surface area contributed by atoms with Crippen molar-refractivity contribution in [3.8, 4) is 22.5 Å². The fraction of sp³-hybridized carbons (Fsp3) is 0.106. The molecule has 6 heterocycles. The van der Waals surface area contributed by atoms with Crippen molar-refractivity contribution in [2.75, 3.05) is 20.3 Å². The molecule has 0 saturated carbocycles. The zero-order chi connectivity index (χ0) is 68.4. The van der Waals surface area contributed by atoms with Crippen molar-refractivity contribution in [2.45, 2.75) is 36.0 Å². The van der Waals surface area contributed by atoms with Gasteiger partial charge in [-0.3, -0.25) is 14.8 Å². The molecule has 5 N–H and O–H groups in total. The molecule has 0 unspecified atom stereocenters. The number of nitrogens with one attached hydrogen (secondary N) is 1. The van der Waals surface area contributed by atoms with E-state index in [-0.39, 0.29) is 25.2 Å². The lowest BCUT2D eigenvalue weighted by atomic mass is 9.77. The van der Waals surface area contributed by atoms with E-state index in [9.17, 15) is 14.7 Å². The smallest absolute Gasteiger partial charge is 0.352 e. The molecular weight excluding hydrogens is 1240 g/mol. The third-order valence-corrected chi connectivity index (χ3v) is 18.5. The van der Waals surface area contributed by atoms with Crippen molar-refractivity contribution >= 4 is 56.5 Å². The topological polar surface area (TPSA) is 208 Å². The average Bonchev–Trinajstić information content (AvgIpc) is 1.47. The molecule has 0 spiro atoms. The number of benzene rings is 10. The third-order valence-electron chi connectivity index (χ3n) is 18.5. The normalized spacial score (nSPS) is 12.9. The van der Waals surface area contributed by atoms with Crippen molar-refractivity contribution in [3.63, 3.8) is 0 Å². The second kappa shape index (κ2) is 29.1. The Bertz CT molecular complexity index is 5010. The van der Waals surface area contributed by atoms with Gasteiger partial charge in [0, 0.05) is 59.5 Å². The van der Waals surface area contributed by atoms with Gasteiger partial charge in [-0.15, -0.1) is 0 Å². The van der Waals surface area contributed by atoms with Crippen molar-refractivity contribution < 1.29 is 24.5 Å². The summed E-state index contributed by atoms with van der Waals surface area (Å²) in [5.41, 5.74) is 21.7. The van der Waals surface area contributed by atoms with E-state index in [4.69, 9.17) is 30.8 Å². The number of hydrogen-bond donors (Lipinski definition) is 4. The van der Waals surface area contributed by atoms with Crippen LogP contribution in [-0.2, 0) is 38.2 Å². The van der Waals surface area contributed by atoms with Gasteiger partial charge in [-0.05, 0) is 104 Å². The molecule has 0 fully saturated rings. The molecule has 490 valence electrons. The highest BCUT2D eigenvalue weighted by molar-refractivity contribution is 6.41. The lowest BCUT2D eigenvalue weighted by Gasteiger charge is -2.37. The van der Waals surface area contributed by atoms with Crippen LogP contribution in [0, 0.1) is 0 Å². The fourth-order valence-corrected chi connectivity index (χ4v) is 13.7. The maximum absolute atomic E-state index is 13.6. The number of ether oxygens (including phenoxy) is 1. The largest absolute Gasteiger partial charge is 0.465 e. The molecule has 0 aliphatic carbocycles. The number of carbonyl (C=O) groups is 2. The van der Waals surface area contributed by atoms with Gasteiger partial charge in [0.2, 0.25) is 0 Å². The number of hydrogen-bond acceptors (Lipinski definition) is 12. The predicted molar refractivity (Wildman–Crippen MR) is 394 cm³/mol. The average molecular weight is 1310 g/mol. The minimum Gasteiger partial charge on any atom is -0.465 e. The van der Waals surface area contributed by atoms with Crippen LogP contribution in [0.3, 0.4) is 0 Å². The Labute approximate surface area is 579 Å². The summed E-state index contributed by atoms with van der Waals surface area (Å²) in [7, 11) is 1.39. The molecule has 2 aliphatic rings. The molecule has 15 nitrogen and oxygen atoms in total. The molecule has 15 heteroatoms. The third kappa shape index (κ3) is 12.5. The number of aromatic nitrogens is 6. The van der Waals surface area contributed by atoms with Gasteiger partial charge in [0.1, 0.15) is 33.9 Å². The maximum atomic E-state index is 13.6. The quantitative estimate of drug-likeness (QED) is 0.0501. The standard InChI is InChI=1S/C42H33N5O2.C35H26N4O2.C8H11NO/c48-28-38(29-13-5-1-6-14-29)45-41(49)37-25-31-26-39-35(27-36(31)44-37)40(30-21-23-43-24-22-30)46-47(39)42(32-15-7-2-8-16-32,33-17-9-3-10-18-33)34-19-11-4-12-20-34;1-41-34(40)31-21-25-22-32-29(23-30(25)37-31)33(24-17-19-36-20-18-24)38-39(32)35(26-11-5-2-6-12-26,27-13-7-3-8-14-27)28-15-9-4-10-16-28;9-8(6-10)7-4-2-1-3-5-7/h1-24,26-27,38,48H,25,28H2,(H,45,49);2-20,22-23H,21H2,1H3;1-5,8,10H,6,9H2/t38-;;8-/m1.1/s1. The lowest BCUT2D eigenvalue weighted by Crippen LogP contribution is -2.38. The number of aliphatic imine (C=N–C) groups is 2. The highest BCUT2D eigenvalue weighted by Gasteiger charge is 2.43. The maximum Gasteiger partial charge on any atom is 0.352 e. The van der Waals surface area contributed by atoms with Gasteiger partial charge in [0.15, 0.2) is 0 Å². The first kappa shape index (κ1) is 64.9. The van der Waals surface area contributed by atoms with Gasteiger partial charge >= 0.3 is 5.97 Å². The van der Waals surface area contributed by atoms with Gasteiger partial charge in [0.05, 0.1) is 54.8 Å². The number of amides is 1. The van der Waals surface area contributed by atoms with Crippen molar-refractivity contribution in [2.24, 2.45) is 15.7 Å². The molecular formula is C85H70N10O5. The molecule has 100 heavy (non-hydrogen) atoms. The van der Waals surface area contributed by atoms with Gasteiger partial charge in [0.25, 0.3) is 5.91 Å². The summed E-state index contributed by atoms with van der Waals surface area (Å²) in [6, 6.07) is 97.4. The second-order valence-electron chi connectivity index (χ2n) is 24.4. The molecule has 16 rings (SSSR count). The van der Waals surface area contributed by atoms with Crippen molar-refractivity contribution in [3.05, 3.63) is 372 Å². The number of methoxy groups -OCH3 is 1. The molecule has 0 bridgehead atoms. The minimum absolute atomic E-state index is 0.00398. The fourth-order valence-electron chi connectivity index (χ4n) is 13.7. The van der Waals surface area contributed by atoms with E-state index in [1.165, 1.54) is 7.11 Å². The monoisotopic (exact) mass is 1310 g/mol. The van der Waals surface area contributed by atoms with E-state index in [0.717, 1.165) is 111 Å². The summed E-state index contributed by atoms with van der Waals surface area (Å²) in [5, 5.41) is 34.5. The first-order valence-corrected chi connectivity index (χ1v) is 33.1. The first-order chi connectivity index (χ1) is 49.2. The summed E-state index contributed by atoms with van der Waals surface area (Å²) in [6.45, 7) is -0.213. The van der Waals surface area contributed by atoms with E-state index in [1.54, 1.807) is 24.8 Å². The Kier molecular flexibility index (Phi) is 18.9. The highest BCUT2D eigenvalue weighted by atomic mass is 16.5. The van der Waals surface area contributed by atoms with E-state index in [2.05, 4.69) is 193 Å². The molecule has 1 amide bonds. The van der Waals surface area contributed by atoms with Crippen LogP contribution in [0.4, 0.5) is 11.4 Å². The van der Waals surface area contributed by atoms with Gasteiger partial charge in [-0.1, -0.05) is 243 Å². The van der Waals surface area contributed by atoms with Gasteiger partial charge in [-0.2, -0.15) is 10.2 Å². The number of nitrogens with two attached hydrogens (primary N) is 1. The Hall–Kier alpha value is -12.4. The zero-order valence-corrected chi connectivity index (χ0v) is 54.8. The summed E-state index contributed by atoms with van der Waals surface area (Å²) in [6.07, 6.45) is 7.87. The van der Waals surface area contributed by atoms with Crippen molar-refractivity contribution in [1.82, 2.24) is 34.8 Å². The first-order valence-electron chi connectivity index (χ1n) is 33.1. The van der Waals surface area contributed by atoms with Crippen LogP contribution >= 0.6 is 0 Å². The van der Waals surface area contributed by atoms with Gasteiger partial charge in [-0.25, -0.2) is 24.1 Å². The van der Waals surface area contributed by atoms with Crippen LogP contribution in [0.5, 0.6) is 0 Å². The van der Waals surface area contributed by atoms with Crippen LogP contribution < -0.4 is 11.1 Å². The molecule has 2 atom stereocenters. The summed E-state index contributed by atoms with van der Waals surface area (Å²) >= 11 is 0. The highest BCUT2D eigenvalue weighted by Crippen LogP contribution is 2.48. The minimum atomic E-state index is -0.842. The number of rotatable bonds is 17. The Morgan fingerprint density at radius 3 is 1.12 bits per heavy atom. The molecule has 0 radical (unpaired) electrons. The molecule has 0 saturated heterocycles. The molecule has 10 aromatic carbocycles.